The molecule has 0 radical (unpaired) electrons. The van der Waals surface area contributed by atoms with Gasteiger partial charge in [0.05, 0.1) is 0 Å². The number of aliphatic carboxylic acids is 2. The zero-order chi connectivity index (χ0) is 12.4. The van der Waals surface area contributed by atoms with E-state index in [2.05, 4.69) is 0 Å². The molecule has 0 saturated heterocycles. The number of ketones is 1. The summed E-state index contributed by atoms with van der Waals surface area (Å²) in [5.74, 6) is -5.42. The number of hydrogen-bond acceptors (Lipinski definition) is 6. The molecule has 0 rings (SSSR count). The lowest BCUT2D eigenvalue weighted by Crippen LogP contribution is -2.62. The van der Waals surface area contributed by atoms with Gasteiger partial charge in [0.15, 0.2) is 10.6 Å². The lowest BCUT2D eigenvalue weighted by atomic mass is 9.92. The quantitative estimate of drug-likeness (QED) is 0.358. The van der Waals surface area contributed by atoms with E-state index < -0.39 is 38.4 Å². The summed E-state index contributed by atoms with van der Waals surface area (Å²) in [6, 6.07) is 0. The summed E-state index contributed by atoms with van der Waals surface area (Å²) in [4.78, 5) is 30.4. The highest BCUT2D eigenvalue weighted by Gasteiger charge is 2.49. The van der Waals surface area contributed by atoms with E-state index >= 15 is 0 Å². The average molecular weight is 237 g/mol. The van der Waals surface area contributed by atoms with Crippen molar-refractivity contribution < 1.29 is 33.0 Å². The maximum Gasteiger partial charge on any atom is 0.350 e. The molecule has 1 atom stereocenters. The standard InChI is InChI=1S/C6H7NO7S/c1-2(8)6(7,5(11)12)3(4(9)10)15(13)14/h7H2,1H3,(H,9,10)(H,11,12). The van der Waals surface area contributed by atoms with E-state index in [-0.39, 0.29) is 0 Å². The van der Waals surface area contributed by atoms with E-state index in [0.717, 1.165) is 0 Å². The van der Waals surface area contributed by atoms with Crippen molar-refractivity contribution in [3.8, 4) is 0 Å². The van der Waals surface area contributed by atoms with Gasteiger partial charge in [-0.25, -0.2) is 9.59 Å². The van der Waals surface area contributed by atoms with Crippen molar-refractivity contribution in [1.29, 1.82) is 0 Å². The van der Waals surface area contributed by atoms with Gasteiger partial charge in [-0.2, -0.15) is 8.42 Å². The summed E-state index contributed by atoms with van der Waals surface area (Å²) in [5.41, 5.74) is 1.91. The Bertz CT molecular complexity index is 438. The summed E-state index contributed by atoms with van der Waals surface area (Å²) >= 11 is 0. The number of rotatable bonds is 4. The van der Waals surface area contributed by atoms with E-state index in [0.29, 0.717) is 6.92 Å². The predicted molar refractivity (Wildman–Crippen MR) is 46.8 cm³/mol. The summed E-state index contributed by atoms with van der Waals surface area (Å²) < 4.78 is 21.0. The van der Waals surface area contributed by atoms with Crippen LogP contribution in [0.4, 0.5) is 0 Å². The number of nitrogens with two attached hydrogens (primary N) is 1. The first-order valence-corrected chi connectivity index (χ1v) is 4.46. The molecule has 0 aromatic heterocycles. The number of Topliss-reactive ketones (excluding diaryl/α,β-unsaturated/α-hetero) is 1. The maximum absolute atomic E-state index is 10.9. The molecule has 9 heteroatoms. The van der Waals surface area contributed by atoms with Gasteiger partial charge >= 0.3 is 11.9 Å². The van der Waals surface area contributed by atoms with Crippen LogP contribution in [0.15, 0.2) is 0 Å². The summed E-state index contributed by atoms with van der Waals surface area (Å²) in [6.07, 6.45) is 0. The molecule has 0 heterocycles. The van der Waals surface area contributed by atoms with E-state index in [4.69, 9.17) is 15.9 Å². The third-order valence-electron chi connectivity index (χ3n) is 1.61. The second-order valence-corrected chi connectivity index (χ2v) is 3.42. The van der Waals surface area contributed by atoms with Crippen LogP contribution < -0.4 is 5.73 Å². The first-order chi connectivity index (χ1) is 6.65. The number of carboxylic acid groups (broad SMARTS) is 2. The molecule has 0 aliphatic carbocycles. The third-order valence-corrected chi connectivity index (χ3v) is 2.44. The minimum absolute atomic E-state index is 0.684. The van der Waals surface area contributed by atoms with Crippen LogP contribution in [0.5, 0.6) is 0 Å². The molecule has 0 spiro atoms. The SMILES string of the molecule is CC(=O)C(N)(C(=O)O)C(C(=O)O)=S(=O)=O. The average Bonchev–Trinajstić information content (AvgIpc) is 2.01. The van der Waals surface area contributed by atoms with Gasteiger partial charge in [0.1, 0.15) is 0 Å². The maximum atomic E-state index is 10.9. The van der Waals surface area contributed by atoms with Crippen molar-refractivity contribution in [3.63, 3.8) is 0 Å². The Balaban J connectivity index is 6.11. The van der Waals surface area contributed by atoms with E-state index in [1.807, 2.05) is 0 Å². The minimum atomic E-state index is -3.40. The van der Waals surface area contributed by atoms with Gasteiger partial charge in [-0.05, 0) is 6.92 Å². The number of carbonyl (C=O) groups excluding carboxylic acids is 1. The molecule has 0 aromatic rings. The van der Waals surface area contributed by atoms with Crippen molar-refractivity contribution in [2.75, 3.05) is 0 Å². The third kappa shape index (κ3) is 2.19. The van der Waals surface area contributed by atoms with Crippen molar-refractivity contribution in [2.24, 2.45) is 5.73 Å². The Morgan fingerprint density at radius 3 is 1.67 bits per heavy atom. The first kappa shape index (κ1) is 13.3. The Labute approximate surface area is 84.8 Å². The minimum Gasteiger partial charge on any atom is -0.479 e. The Morgan fingerprint density at radius 2 is 1.60 bits per heavy atom. The van der Waals surface area contributed by atoms with Crippen molar-refractivity contribution in [3.05, 3.63) is 0 Å². The largest absolute Gasteiger partial charge is 0.479 e. The topological polar surface area (TPSA) is 152 Å². The summed E-state index contributed by atoms with van der Waals surface area (Å²) in [6.45, 7) is 0.684. The highest BCUT2D eigenvalue weighted by atomic mass is 32.2. The Kier molecular flexibility index (Phi) is 3.70. The molecule has 0 aliphatic heterocycles. The smallest absolute Gasteiger partial charge is 0.350 e. The van der Waals surface area contributed by atoms with E-state index in [1.165, 1.54) is 0 Å². The van der Waals surface area contributed by atoms with Gasteiger partial charge in [-0.15, -0.1) is 0 Å². The van der Waals surface area contributed by atoms with Crippen LogP contribution in [0, 0.1) is 0 Å². The first-order valence-electron chi connectivity index (χ1n) is 3.39. The Hall–Kier alpha value is -1.74. The van der Waals surface area contributed by atoms with Crippen LogP contribution in [0.1, 0.15) is 6.92 Å². The molecule has 0 fully saturated rings. The highest BCUT2D eigenvalue weighted by Crippen LogP contribution is 2.06. The van der Waals surface area contributed by atoms with Crippen LogP contribution in [-0.4, -0.2) is 46.8 Å². The monoisotopic (exact) mass is 237 g/mol. The van der Waals surface area contributed by atoms with Gasteiger partial charge in [0.25, 0.3) is 0 Å². The normalized spacial score (nSPS) is 13.7. The molecule has 4 N–H and O–H groups in total. The molecule has 8 nitrogen and oxygen atoms in total. The molecule has 1 unspecified atom stereocenters. The molecule has 84 valence electrons. The molecule has 0 aliphatic rings. The molecule has 0 bridgehead atoms. The van der Waals surface area contributed by atoms with Crippen LogP contribution >= 0.6 is 0 Å². The lowest BCUT2D eigenvalue weighted by Gasteiger charge is -2.18. The lowest BCUT2D eigenvalue weighted by molar-refractivity contribution is -0.145. The van der Waals surface area contributed by atoms with Gasteiger partial charge in [0, 0.05) is 0 Å². The van der Waals surface area contributed by atoms with Crippen molar-refractivity contribution in [1.82, 2.24) is 0 Å². The highest BCUT2D eigenvalue weighted by molar-refractivity contribution is 7.75. The number of carboxylic acids is 2. The fraction of sp³-hybridized carbons (Fsp3) is 0.333. The van der Waals surface area contributed by atoms with E-state index in [1.54, 1.807) is 0 Å². The van der Waals surface area contributed by atoms with Crippen LogP contribution in [0.25, 0.3) is 0 Å². The number of hydrogen-bond donors (Lipinski definition) is 3. The van der Waals surface area contributed by atoms with Crippen LogP contribution in [0.3, 0.4) is 0 Å². The molecular formula is C6H7NO7S. The van der Waals surface area contributed by atoms with Crippen LogP contribution in [0.2, 0.25) is 0 Å². The van der Waals surface area contributed by atoms with Crippen molar-refractivity contribution >= 4 is 32.9 Å². The van der Waals surface area contributed by atoms with Gasteiger partial charge < -0.3 is 15.9 Å². The van der Waals surface area contributed by atoms with Crippen molar-refractivity contribution in [2.45, 2.75) is 12.5 Å². The fourth-order valence-electron chi connectivity index (χ4n) is 0.779. The fourth-order valence-corrected chi connectivity index (χ4v) is 1.42. The molecular weight excluding hydrogens is 230 g/mol. The molecule has 0 saturated carbocycles. The van der Waals surface area contributed by atoms with Crippen LogP contribution in [-0.2, 0) is 24.7 Å². The van der Waals surface area contributed by atoms with Gasteiger partial charge in [-0.1, -0.05) is 0 Å². The summed E-state index contributed by atoms with van der Waals surface area (Å²) in [7, 11) is -3.40. The number of carbonyl (C=O) groups is 3. The van der Waals surface area contributed by atoms with E-state index in [9.17, 15) is 22.8 Å². The molecule has 0 amide bonds. The second-order valence-electron chi connectivity index (χ2n) is 2.54. The molecule has 0 aromatic carbocycles. The zero-order valence-electron chi connectivity index (χ0n) is 7.42. The van der Waals surface area contributed by atoms with Gasteiger partial charge in [0.2, 0.25) is 15.8 Å². The second kappa shape index (κ2) is 4.19. The predicted octanol–water partition coefficient (Wildman–Crippen LogP) is -2.51. The summed E-state index contributed by atoms with van der Waals surface area (Å²) in [5, 5.41) is 17.0. The zero-order valence-corrected chi connectivity index (χ0v) is 8.24. The van der Waals surface area contributed by atoms with Gasteiger partial charge in [-0.3, -0.25) is 4.79 Å². The molecule has 15 heavy (non-hydrogen) atoms. The Morgan fingerprint density at radius 1 is 1.20 bits per heavy atom.